The Kier molecular flexibility index (Phi) is 7.99. The first kappa shape index (κ1) is 15.2. The van der Waals surface area contributed by atoms with E-state index >= 15 is 0 Å². The molecule has 1 atom stereocenters. The van der Waals surface area contributed by atoms with E-state index in [0.717, 1.165) is 0 Å². The third kappa shape index (κ3) is 5.95. The Morgan fingerprint density at radius 1 is 1.38 bits per heavy atom. The zero-order chi connectivity index (χ0) is 12.6. The zero-order valence-electron chi connectivity index (χ0n) is 10.1. The van der Waals surface area contributed by atoms with Gasteiger partial charge in [-0.3, -0.25) is 4.79 Å². The molecule has 0 fully saturated rings. The summed E-state index contributed by atoms with van der Waals surface area (Å²) in [6.07, 6.45) is 0.952. The van der Waals surface area contributed by atoms with Crippen LogP contribution in [0, 0.1) is 5.92 Å². The second-order valence-electron chi connectivity index (χ2n) is 3.83. The maximum atomic E-state index is 11.5. The van der Waals surface area contributed by atoms with Crippen molar-refractivity contribution in [2.45, 2.75) is 39.7 Å². The Morgan fingerprint density at radius 2 is 2.00 bits per heavy atom. The van der Waals surface area contributed by atoms with Crippen molar-refractivity contribution < 1.29 is 14.3 Å². The highest BCUT2D eigenvalue weighted by Gasteiger charge is 2.24. The van der Waals surface area contributed by atoms with Gasteiger partial charge in [0.1, 0.15) is 6.04 Å². The summed E-state index contributed by atoms with van der Waals surface area (Å²) in [6, 6.07) is -0.567. The van der Waals surface area contributed by atoms with Crippen molar-refractivity contribution in [2.75, 3.05) is 12.5 Å². The van der Waals surface area contributed by atoms with Crippen LogP contribution in [0.25, 0.3) is 0 Å². The minimum atomic E-state index is -0.567. The van der Waals surface area contributed by atoms with Gasteiger partial charge in [-0.1, -0.05) is 13.8 Å². The van der Waals surface area contributed by atoms with Gasteiger partial charge in [0.15, 0.2) is 0 Å². The fourth-order valence-electron chi connectivity index (χ4n) is 1.20. The van der Waals surface area contributed by atoms with Gasteiger partial charge in [0.25, 0.3) is 0 Å². The number of esters is 1. The van der Waals surface area contributed by atoms with E-state index in [9.17, 15) is 9.59 Å². The van der Waals surface area contributed by atoms with Crippen LogP contribution in [0.3, 0.4) is 0 Å². The van der Waals surface area contributed by atoms with Crippen LogP contribution in [0.2, 0.25) is 0 Å². The second kappa shape index (κ2) is 8.39. The Labute approximate surface area is 102 Å². The molecular weight excluding hydrogens is 230 g/mol. The van der Waals surface area contributed by atoms with Crippen LogP contribution in [0.4, 0.5) is 0 Å². The summed E-state index contributed by atoms with van der Waals surface area (Å²) in [5, 5.41) is 2.66. The van der Waals surface area contributed by atoms with Gasteiger partial charge >= 0.3 is 5.97 Å². The molecule has 0 radical (unpaired) electrons. The second-order valence-corrected chi connectivity index (χ2v) is 4.21. The summed E-state index contributed by atoms with van der Waals surface area (Å²) in [7, 11) is 0. The van der Waals surface area contributed by atoms with E-state index in [1.807, 2.05) is 13.8 Å². The Bertz CT molecular complexity index is 231. The average Bonchev–Trinajstić information content (AvgIpc) is 2.22. The van der Waals surface area contributed by atoms with Crippen molar-refractivity contribution in [3.05, 3.63) is 0 Å². The van der Waals surface area contributed by atoms with Gasteiger partial charge in [0, 0.05) is 12.3 Å². The number of alkyl halides is 1. The first-order valence-corrected chi connectivity index (χ1v) is 6.08. The van der Waals surface area contributed by atoms with Crippen LogP contribution >= 0.6 is 11.6 Å². The molecule has 16 heavy (non-hydrogen) atoms. The van der Waals surface area contributed by atoms with Gasteiger partial charge in [0.05, 0.1) is 6.61 Å². The van der Waals surface area contributed by atoms with E-state index in [-0.39, 0.29) is 17.8 Å². The highest BCUT2D eigenvalue weighted by molar-refractivity contribution is 6.17. The fourth-order valence-corrected chi connectivity index (χ4v) is 1.34. The van der Waals surface area contributed by atoms with Crippen LogP contribution in [0.1, 0.15) is 33.6 Å². The van der Waals surface area contributed by atoms with Crippen LogP contribution in [-0.2, 0) is 14.3 Å². The van der Waals surface area contributed by atoms with E-state index in [1.54, 1.807) is 6.92 Å². The lowest BCUT2D eigenvalue weighted by Crippen LogP contribution is -2.45. The number of hydrogen-bond acceptors (Lipinski definition) is 3. The molecule has 1 unspecified atom stereocenters. The van der Waals surface area contributed by atoms with Gasteiger partial charge in [-0.2, -0.15) is 0 Å². The van der Waals surface area contributed by atoms with E-state index in [0.29, 0.717) is 25.3 Å². The predicted octanol–water partition coefficient (Wildman–Crippen LogP) is 1.71. The highest BCUT2D eigenvalue weighted by atomic mass is 35.5. The number of nitrogens with one attached hydrogen (secondary N) is 1. The number of hydrogen-bond donors (Lipinski definition) is 1. The SMILES string of the molecule is CCOC(=O)C(NC(=O)CCCCl)C(C)C. The smallest absolute Gasteiger partial charge is 0.328 e. The Balaban J connectivity index is 4.22. The van der Waals surface area contributed by atoms with Crippen molar-refractivity contribution in [3.8, 4) is 0 Å². The molecule has 0 rings (SSSR count). The van der Waals surface area contributed by atoms with Crippen molar-refractivity contribution in [1.82, 2.24) is 5.32 Å². The lowest BCUT2D eigenvalue weighted by Gasteiger charge is -2.20. The summed E-state index contributed by atoms with van der Waals surface area (Å²) in [4.78, 5) is 23.0. The fraction of sp³-hybridized carbons (Fsp3) is 0.818. The molecule has 0 heterocycles. The molecule has 0 aromatic carbocycles. The molecule has 0 aliphatic rings. The quantitative estimate of drug-likeness (QED) is 0.552. The lowest BCUT2D eigenvalue weighted by molar-refractivity contribution is -0.148. The van der Waals surface area contributed by atoms with Crippen molar-refractivity contribution in [1.29, 1.82) is 0 Å². The van der Waals surface area contributed by atoms with Crippen LogP contribution in [0.5, 0.6) is 0 Å². The number of ether oxygens (including phenoxy) is 1. The summed E-state index contributed by atoms with van der Waals surface area (Å²) >= 11 is 5.49. The van der Waals surface area contributed by atoms with Crippen LogP contribution in [0.15, 0.2) is 0 Å². The van der Waals surface area contributed by atoms with Crippen LogP contribution < -0.4 is 5.32 Å². The van der Waals surface area contributed by atoms with Gasteiger partial charge in [0.2, 0.25) is 5.91 Å². The van der Waals surface area contributed by atoms with Crippen LogP contribution in [-0.4, -0.2) is 30.4 Å². The molecular formula is C11H20ClNO3. The summed E-state index contributed by atoms with van der Waals surface area (Å²) in [5.41, 5.74) is 0. The van der Waals surface area contributed by atoms with Crippen molar-refractivity contribution in [2.24, 2.45) is 5.92 Å². The molecule has 0 saturated heterocycles. The Hall–Kier alpha value is -0.770. The van der Waals surface area contributed by atoms with E-state index < -0.39 is 6.04 Å². The number of rotatable bonds is 7. The molecule has 0 bridgehead atoms. The molecule has 5 heteroatoms. The van der Waals surface area contributed by atoms with E-state index in [2.05, 4.69) is 5.32 Å². The molecule has 0 saturated carbocycles. The summed E-state index contributed by atoms with van der Waals surface area (Å²) in [6.45, 7) is 5.79. The van der Waals surface area contributed by atoms with E-state index in [4.69, 9.17) is 16.3 Å². The third-order valence-corrected chi connectivity index (χ3v) is 2.33. The standard InChI is InChI=1S/C11H20ClNO3/c1-4-16-11(15)10(8(2)3)13-9(14)6-5-7-12/h8,10H,4-7H2,1-3H3,(H,13,14). The average molecular weight is 250 g/mol. The minimum absolute atomic E-state index is 0.0130. The Morgan fingerprint density at radius 3 is 2.44 bits per heavy atom. The van der Waals surface area contributed by atoms with Crippen molar-refractivity contribution in [3.63, 3.8) is 0 Å². The normalized spacial score (nSPS) is 12.3. The third-order valence-electron chi connectivity index (χ3n) is 2.06. The van der Waals surface area contributed by atoms with Gasteiger partial charge < -0.3 is 10.1 Å². The molecule has 1 N–H and O–H groups in total. The lowest BCUT2D eigenvalue weighted by atomic mass is 10.0. The summed E-state index contributed by atoms with van der Waals surface area (Å²) < 4.78 is 4.89. The number of amides is 1. The maximum Gasteiger partial charge on any atom is 0.328 e. The molecule has 0 aliphatic carbocycles. The van der Waals surface area contributed by atoms with Crippen molar-refractivity contribution >= 4 is 23.5 Å². The van der Waals surface area contributed by atoms with Gasteiger partial charge in [-0.05, 0) is 19.3 Å². The molecule has 0 aromatic heterocycles. The first-order chi connectivity index (χ1) is 7.52. The van der Waals surface area contributed by atoms with Gasteiger partial charge in [-0.25, -0.2) is 4.79 Å². The topological polar surface area (TPSA) is 55.4 Å². The van der Waals surface area contributed by atoms with Gasteiger partial charge in [-0.15, -0.1) is 11.6 Å². The zero-order valence-corrected chi connectivity index (χ0v) is 10.8. The predicted molar refractivity (Wildman–Crippen MR) is 63.4 cm³/mol. The molecule has 94 valence electrons. The molecule has 4 nitrogen and oxygen atoms in total. The molecule has 0 aromatic rings. The molecule has 1 amide bonds. The molecule has 0 spiro atoms. The number of carbonyl (C=O) groups is 2. The maximum absolute atomic E-state index is 11.5. The largest absolute Gasteiger partial charge is 0.464 e. The number of halogens is 1. The minimum Gasteiger partial charge on any atom is -0.464 e. The highest BCUT2D eigenvalue weighted by Crippen LogP contribution is 2.05. The monoisotopic (exact) mass is 249 g/mol. The van der Waals surface area contributed by atoms with E-state index in [1.165, 1.54) is 0 Å². The first-order valence-electron chi connectivity index (χ1n) is 5.54. The number of carbonyl (C=O) groups excluding carboxylic acids is 2. The summed E-state index contributed by atoms with van der Waals surface area (Å²) in [5.74, 6) is -0.0813. The molecule has 0 aliphatic heterocycles.